The van der Waals surface area contributed by atoms with E-state index < -0.39 is 26.1 Å². The van der Waals surface area contributed by atoms with Gasteiger partial charge in [-0.2, -0.15) is 0 Å². The second-order valence-corrected chi connectivity index (χ2v) is 17.1. The molecule has 5 atom stereocenters. The number of aromatic nitrogens is 3. The topological polar surface area (TPSA) is 130 Å². The predicted molar refractivity (Wildman–Crippen MR) is 178 cm³/mol. The highest BCUT2D eigenvalue weighted by atomic mass is 28.4. The zero-order valence-corrected chi connectivity index (χ0v) is 27.7. The van der Waals surface area contributed by atoms with Gasteiger partial charge in [0.05, 0.1) is 36.6 Å². The minimum Gasteiger partial charge on any atom is -0.447 e. The number of aliphatic hydroxyl groups is 1. The molecule has 2 N–H and O–H groups in total. The lowest BCUT2D eigenvalue weighted by Crippen LogP contribution is -2.45. The quantitative estimate of drug-likeness (QED) is 0.244. The first kappa shape index (κ1) is 31.2. The molecule has 7 rings (SSSR count). The van der Waals surface area contributed by atoms with Crippen molar-refractivity contribution >= 4 is 37.4 Å². The summed E-state index contributed by atoms with van der Waals surface area (Å²) >= 11 is 0. The monoisotopic (exact) mass is 653 g/mol. The van der Waals surface area contributed by atoms with Gasteiger partial charge in [0, 0.05) is 41.1 Å². The van der Waals surface area contributed by atoms with Crippen molar-refractivity contribution in [1.82, 2.24) is 15.0 Å². The second-order valence-electron chi connectivity index (χ2n) is 13.1. The molecule has 244 valence electrons. The number of amides is 2. The first-order chi connectivity index (χ1) is 22.6. The van der Waals surface area contributed by atoms with E-state index in [1.165, 1.54) is 0 Å². The highest BCUT2D eigenvalue weighted by molar-refractivity contribution is 6.71. The minimum absolute atomic E-state index is 0.0998. The van der Waals surface area contributed by atoms with Crippen molar-refractivity contribution in [3.63, 3.8) is 0 Å². The van der Waals surface area contributed by atoms with Gasteiger partial charge in [-0.1, -0.05) is 60.7 Å². The van der Waals surface area contributed by atoms with E-state index in [-0.39, 0.29) is 29.9 Å². The molecule has 4 aromatic rings. The van der Waals surface area contributed by atoms with E-state index in [4.69, 9.17) is 9.47 Å². The number of carbonyl (C=O) groups is 2. The van der Waals surface area contributed by atoms with Crippen molar-refractivity contribution in [1.29, 1.82) is 0 Å². The maximum Gasteiger partial charge on any atom is 0.414 e. The van der Waals surface area contributed by atoms with Crippen molar-refractivity contribution in [3.05, 3.63) is 102 Å². The molecule has 1 unspecified atom stereocenters. The van der Waals surface area contributed by atoms with Gasteiger partial charge >= 0.3 is 6.09 Å². The Morgan fingerprint density at radius 1 is 1.02 bits per heavy atom. The Kier molecular flexibility index (Phi) is 7.99. The number of anilines is 3. The Balaban J connectivity index is 1.24. The molecule has 11 nitrogen and oxygen atoms in total. The summed E-state index contributed by atoms with van der Waals surface area (Å²) in [5, 5.41) is 18.9. The lowest BCUT2D eigenvalue weighted by Gasteiger charge is -2.32. The van der Waals surface area contributed by atoms with Crippen molar-refractivity contribution < 1.29 is 29.0 Å². The van der Waals surface area contributed by atoms with Gasteiger partial charge in [0.1, 0.15) is 6.61 Å². The standard InChI is InChI=1S/C35H39N5O6Si/c1-23-32(47(2,3)44)31(16-17-38-21-29(36-37-38)27(22-41)24-10-6-4-7-11-24)46-35(23)28-20-26(39-18-19-45-34(39)43)14-15-30(28)40(33(35)42)25-12-8-5-9-13-25/h4-15,20-21,23,27,31-32,41,44H,16-19,22H2,1-3H3/t23-,27?,31+,32-,35+/m0/s1. The molecule has 0 bridgehead atoms. The molecule has 3 aliphatic rings. The number of para-hydroxylation sites is 1. The van der Waals surface area contributed by atoms with Crippen LogP contribution in [0.1, 0.15) is 36.1 Å². The summed E-state index contributed by atoms with van der Waals surface area (Å²) in [6.45, 7) is 6.85. The number of aliphatic hydroxyl groups excluding tert-OH is 1. The van der Waals surface area contributed by atoms with Crippen molar-refractivity contribution in [3.8, 4) is 0 Å². The van der Waals surface area contributed by atoms with Crippen molar-refractivity contribution in [2.75, 3.05) is 29.6 Å². The zero-order valence-electron chi connectivity index (χ0n) is 26.7. The summed E-state index contributed by atoms with van der Waals surface area (Å²) in [6, 6.07) is 24.8. The predicted octanol–water partition coefficient (Wildman–Crippen LogP) is 4.93. The van der Waals surface area contributed by atoms with E-state index in [9.17, 15) is 19.5 Å². The van der Waals surface area contributed by atoms with Crippen LogP contribution in [0.3, 0.4) is 0 Å². The van der Waals surface area contributed by atoms with Crippen LogP contribution in [0.2, 0.25) is 18.6 Å². The summed E-state index contributed by atoms with van der Waals surface area (Å²) in [5.41, 5.74) is 2.67. The molecular weight excluding hydrogens is 615 g/mol. The van der Waals surface area contributed by atoms with Crippen molar-refractivity contribution in [2.24, 2.45) is 5.92 Å². The molecule has 47 heavy (non-hydrogen) atoms. The maximum atomic E-state index is 14.8. The van der Waals surface area contributed by atoms with Gasteiger partial charge in [0.25, 0.3) is 5.91 Å². The second kappa shape index (κ2) is 12.0. The molecule has 3 aromatic carbocycles. The third-order valence-corrected chi connectivity index (χ3v) is 12.4. The lowest BCUT2D eigenvalue weighted by atomic mass is 9.82. The van der Waals surface area contributed by atoms with E-state index in [1.54, 1.807) is 14.5 Å². The van der Waals surface area contributed by atoms with Gasteiger partial charge in [0.2, 0.25) is 0 Å². The first-order valence-corrected chi connectivity index (χ1v) is 19.1. The number of ether oxygens (including phenoxy) is 2. The van der Waals surface area contributed by atoms with E-state index >= 15 is 0 Å². The van der Waals surface area contributed by atoms with Gasteiger partial charge in [-0.05, 0) is 55.4 Å². The number of benzene rings is 3. The molecule has 0 radical (unpaired) electrons. The fourth-order valence-electron chi connectivity index (χ4n) is 7.79. The first-order valence-electron chi connectivity index (χ1n) is 16.1. The Bertz CT molecular complexity index is 1780. The number of nitrogens with zero attached hydrogens (tertiary/aromatic N) is 5. The van der Waals surface area contributed by atoms with E-state index in [0.29, 0.717) is 54.4 Å². The summed E-state index contributed by atoms with van der Waals surface area (Å²) in [7, 11) is -2.91. The number of fused-ring (bicyclic) bond motifs is 2. The highest BCUT2D eigenvalue weighted by Gasteiger charge is 2.66. The van der Waals surface area contributed by atoms with E-state index in [0.717, 1.165) is 5.56 Å². The van der Waals surface area contributed by atoms with Crippen LogP contribution in [-0.4, -0.2) is 71.1 Å². The lowest BCUT2D eigenvalue weighted by molar-refractivity contribution is -0.145. The molecule has 2 amide bonds. The molecule has 0 saturated carbocycles. The van der Waals surface area contributed by atoms with Gasteiger partial charge in [0.15, 0.2) is 13.9 Å². The average Bonchev–Trinajstić information content (AvgIpc) is 3.83. The van der Waals surface area contributed by atoms with Gasteiger partial charge < -0.3 is 19.4 Å². The number of aryl methyl sites for hydroxylation is 1. The highest BCUT2D eigenvalue weighted by Crippen LogP contribution is 2.61. The molecule has 3 aliphatic heterocycles. The number of rotatable bonds is 9. The van der Waals surface area contributed by atoms with E-state index in [1.807, 2.05) is 105 Å². The summed E-state index contributed by atoms with van der Waals surface area (Å²) in [4.78, 5) is 42.3. The Morgan fingerprint density at radius 2 is 1.74 bits per heavy atom. The van der Waals surface area contributed by atoms with Crippen molar-refractivity contribution in [2.45, 2.75) is 56.1 Å². The number of carbonyl (C=O) groups excluding carboxylic acids is 2. The Hall–Kier alpha value is -4.36. The number of hydrogen-bond donors (Lipinski definition) is 2. The van der Waals surface area contributed by atoms with Crippen LogP contribution in [-0.2, 0) is 26.4 Å². The average molecular weight is 654 g/mol. The Morgan fingerprint density at radius 3 is 2.40 bits per heavy atom. The molecule has 4 heterocycles. The van der Waals surface area contributed by atoms with Crippen LogP contribution in [0.15, 0.2) is 85.1 Å². The zero-order chi connectivity index (χ0) is 32.9. The third-order valence-electron chi connectivity index (χ3n) is 9.90. The van der Waals surface area contributed by atoms with Gasteiger partial charge in [-0.25, -0.2) is 4.79 Å². The van der Waals surface area contributed by atoms with Gasteiger partial charge in [-0.15, -0.1) is 5.10 Å². The van der Waals surface area contributed by atoms with Crippen LogP contribution < -0.4 is 9.80 Å². The SMILES string of the molecule is C[C@H]1[C@H]([Si](C)(C)O)[C@@H](CCn2cc(C(CO)c3ccccc3)nn2)O[C@]12C(=O)N(c1ccccc1)c1ccc(N3CCOC3=O)cc12. The summed E-state index contributed by atoms with van der Waals surface area (Å²) < 4.78 is 14.0. The molecule has 1 aromatic heterocycles. The number of hydrogen-bond acceptors (Lipinski definition) is 8. The van der Waals surface area contributed by atoms with Crippen LogP contribution in [0.25, 0.3) is 0 Å². The largest absolute Gasteiger partial charge is 0.447 e. The fourth-order valence-corrected chi connectivity index (χ4v) is 10.4. The van der Waals surface area contributed by atoms with Crippen LogP contribution in [0.5, 0.6) is 0 Å². The molecule has 0 aliphatic carbocycles. The van der Waals surface area contributed by atoms with E-state index in [2.05, 4.69) is 10.3 Å². The minimum atomic E-state index is -2.91. The molecular formula is C35H39N5O6Si. The number of cyclic esters (lactones) is 1. The molecule has 1 spiro atoms. The van der Waals surface area contributed by atoms with Gasteiger partial charge in [-0.3, -0.25) is 19.3 Å². The maximum absolute atomic E-state index is 14.8. The summed E-state index contributed by atoms with van der Waals surface area (Å²) in [5.74, 6) is -0.885. The molecule has 2 fully saturated rings. The smallest absolute Gasteiger partial charge is 0.414 e. The van der Waals surface area contributed by atoms with Crippen LogP contribution in [0, 0.1) is 5.92 Å². The normalized spacial score (nSPS) is 24.7. The summed E-state index contributed by atoms with van der Waals surface area (Å²) in [6.07, 6.45) is 1.44. The van der Waals surface area contributed by atoms with Crippen LogP contribution in [0.4, 0.5) is 21.9 Å². The molecule has 2 saturated heterocycles. The third kappa shape index (κ3) is 5.25. The molecule has 12 heteroatoms. The van der Waals surface area contributed by atoms with Crippen LogP contribution >= 0.6 is 0 Å². The Labute approximate surface area is 274 Å². The fraction of sp³-hybridized carbons (Fsp3) is 0.371.